The summed E-state index contributed by atoms with van der Waals surface area (Å²) in [6.07, 6.45) is 2.40. The summed E-state index contributed by atoms with van der Waals surface area (Å²) >= 11 is 0. The van der Waals surface area contributed by atoms with Crippen molar-refractivity contribution in [2.75, 3.05) is 23.8 Å². The van der Waals surface area contributed by atoms with Crippen molar-refractivity contribution in [1.29, 1.82) is 0 Å². The molecule has 3 N–H and O–H groups in total. The van der Waals surface area contributed by atoms with Crippen molar-refractivity contribution >= 4 is 25.8 Å². The average Bonchev–Trinajstić information content (AvgIpc) is 2.16. The van der Waals surface area contributed by atoms with Gasteiger partial charge in [-0.05, 0) is 24.1 Å². The predicted octanol–water partition coefficient (Wildman–Crippen LogP) is 0.0969. The lowest BCUT2D eigenvalue weighted by atomic mass is 10.1. The van der Waals surface area contributed by atoms with Crippen LogP contribution in [0.2, 0.25) is 0 Å². The van der Waals surface area contributed by atoms with E-state index in [4.69, 9.17) is 9.66 Å². The minimum absolute atomic E-state index is 0.0961. The molecule has 1 rings (SSSR count). The topological polar surface area (TPSA) is 121 Å². The summed E-state index contributed by atoms with van der Waals surface area (Å²) in [4.78, 5) is 0. The first-order valence-corrected chi connectivity index (χ1v) is 8.85. The van der Waals surface area contributed by atoms with E-state index in [-0.39, 0.29) is 6.61 Å². The highest BCUT2D eigenvalue weighted by Gasteiger charge is 2.00. The Morgan fingerprint density at radius 1 is 1.05 bits per heavy atom. The Labute approximate surface area is 113 Å². The molecular weight excluding hydrogens is 294 g/mol. The van der Waals surface area contributed by atoms with Crippen LogP contribution in [0.15, 0.2) is 24.3 Å². The Balaban J connectivity index is 0.000000555. The summed E-state index contributed by atoms with van der Waals surface area (Å²) in [6.45, 7) is 0.0961. The van der Waals surface area contributed by atoms with Gasteiger partial charge in [-0.3, -0.25) is 9.27 Å². The van der Waals surface area contributed by atoms with Crippen LogP contribution in [-0.2, 0) is 26.6 Å². The van der Waals surface area contributed by atoms with E-state index in [1.807, 2.05) is 0 Å². The first kappa shape index (κ1) is 17.8. The highest BCUT2D eigenvalue weighted by atomic mass is 32.2. The van der Waals surface area contributed by atoms with Gasteiger partial charge in [-0.25, -0.2) is 8.42 Å². The Morgan fingerprint density at radius 3 is 1.79 bits per heavy atom. The van der Waals surface area contributed by atoms with Gasteiger partial charge in [0.05, 0.1) is 12.5 Å². The number of anilines is 1. The fourth-order valence-corrected chi connectivity index (χ4v) is 1.65. The normalized spacial score (nSPS) is 11.4. The van der Waals surface area contributed by atoms with Crippen LogP contribution in [0.1, 0.15) is 5.56 Å². The molecule has 0 aromatic heterocycles. The molecule has 0 saturated heterocycles. The summed E-state index contributed by atoms with van der Waals surface area (Å²) < 4.78 is 49.9. The minimum atomic E-state index is -3.67. The summed E-state index contributed by atoms with van der Waals surface area (Å²) in [7, 11) is -6.87. The second kappa shape index (κ2) is 7.43. The molecule has 0 saturated carbocycles. The van der Waals surface area contributed by atoms with E-state index in [0.717, 1.165) is 11.8 Å². The van der Waals surface area contributed by atoms with E-state index < -0.39 is 20.1 Å². The van der Waals surface area contributed by atoms with Crippen LogP contribution < -0.4 is 4.72 Å². The molecule has 7 nitrogen and oxygen atoms in total. The van der Waals surface area contributed by atoms with Crippen molar-refractivity contribution < 1.29 is 26.5 Å². The van der Waals surface area contributed by atoms with Gasteiger partial charge in [0.25, 0.3) is 10.1 Å². The zero-order chi connectivity index (χ0) is 15.1. The van der Waals surface area contributed by atoms with E-state index in [2.05, 4.69) is 4.72 Å². The predicted molar refractivity (Wildman–Crippen MR) is 73.2 cm³/mol. The highest BCUT2D eigenvalue weighted by Crippen LogP contribution is 2.10. The van der Waals surface area contributed by atoms with Gasteiger partial charge < -0.3 is 5.11 Å². The Hall–Kier alpha value is -1.16. The quantitative estimate of drug-likeness (QED) is 0.678. The van der Waals surface area contributed by atoms with E-state index in [1.165, 1.54) is 0 Å². The van der Waals surface area contributed by atoms with Crippen molar-refractivity contribution in [3.05, 3.63) is 29.8 Å². The number of nitrogens with one attached hydrogen (secondary N) is 1. The zero-order valence-electron chi connectivity index (χ0n) is 10.6. The van der Waals surface area contributed by atoms with Crippen molar-refractivity contribution in [1.82, 2.24) is 0 Å². The molecular formula is C10H17NO6S2. The van der Waals surface area contributed by atoms with E-state index in [1.54, 1.807) is 24.3 Å². The van der Waals surface area contributed by atoms with Gasteiger partial charge in [-0.1, -0.05) is 12.1 Å². The molecule has 0 spiro atoms. The van der Waals surface area contributed by atoms with E-state index >= 15 is 0 Å². The van der Waals surface area contributed by atoms with Gasteiger partial charge in [0.15, 0.2) is 0 Å². The largest absolute Gasteiger partial charge is 0.396 e. The molecule has 0 atom stereocenters. The fourth-order valence-electron chi connectivity index (χ4n) is 1.08. The van der Waals surface area contributed by atoms with Gasteiger partial charge in [-0.2, -0.15) is 8.42 Å². The monoisotopic (exact) mass is 311 g/mol. The van der Waals surface area contributed by atoms with Gasteiger partial charge in [0, 0.05) is 12.3 Å². The average molecular weight is 311 g/mol. The Morgan fingerprint density at radius 2 is 1.47 bits per heavy atom. The Kier molecular flexibility index (Phi) is 6.98. The van der Waals surface area contributed by atoms with Crippen LogP contribution in [0.4, 0.5) is 5.69 Å². The fraction of sp³-hybridized carbons (Fsp3) is 0.400. The Bertz CT molecular complexity index is 569. The van der Waals surface area contributed by atoms with Gasteiger partial charge in [0.1, 0.15) is 0 Å². The maximum atomic E-state index is 10.9. The third-order valence-corrected chi connectivity index (χ3v) is 2.26. The second-order valence-electron chi connectivity index (χ2n) is 3.78. The third-order valence-electron chi connectivity index (χ3n) is 1.66. The number of sulfonamides is 1. The summed E-state index contributed by atoms with van der Waals surface area (Å²) in [5, 5.41) is 8.66. The van der Waals surface area contributed by atoms with E-state index in [0.29, 0.717) is 18.4 Å². The molecule has 0 aliphatic rings. The number of aliphatic hydroxyl groups excluding tert-OH is 1. The van der Waals surface area contributed by atoms with Gasteiger partial charge in [-0.15, -0.1) is 0 Å². The first-order chi connectivity index (χ1) is 8.51. The highest BCUT2D eigenvalue weighted by molar-refractivity contribution is 7.92. The number of hydrogen-bond acceptors (Lipinski definition) is 5. The molecule has 1 aromatic carbocycles. The SMILES string of the molecule is CS(=O)(=O)Nc1ccc(CCO)cc1.CS(=O)(=O)O. The maximum absolute atomic E-state index is 10.9. The van der Waals surface area contributed by atoms with Crippen molar-refractivity contribution in [2.24, 2.45) is 0 Å². The molecule has 0 amide bonds. The molecule has 1 aromatic rings. The third kappa shape index (κ3) is 13.1. The molecule has 0 unspecified atom stereocenters. The van der Waals surface area contributed by atoms with Crippen LogP contribution in [0.25, 0.3) is 0 Å². The maximum Gasteiger partial charge on any atom is 0.261 e. The number of aliphatic hydroxyl groups is 1. The molecule has 0 radical (unpaired) electrons. The van der Waals surface area contributed by atoms with Crippen molar-refractivity contribution in [3.63, 3.8) is 0 Å². The van der Waals surface area contributed by atoms with Crippen molar-refractivity contribution in [2.45, 2.75) is 6.42 Å². The number of benzene rings is 1. The molecule has 0 heterocycles. The van der Waals surface area contributed by atoms with Gasteiger partial charge >= 0.3 is 0 Å². The van der Waals surface area contributed by atoms with E-state index in [9.17, 15) is 16.8 Å². The molecule has 0 aliphatic heterocycles. The van der Waals surface area contributed by atoms with Crippen LogP contribution in [-0.4, -0.2) is 45.6 Å². The van der Waals surface area contributed by atoms with Crippen LogP contribution in [0.3, 0.4) is 0 Å². The second-order valence-corrected chi connectivity index (χ2v) is 6.99. The lowest BCUT2D eigenvalue weighted by Gasteiger charge is -2.04. The number of hydrogen-bond donors (Lipinski definition) is 3. The van der Waals surface area contributed by atoms with Gasteiger partial charge in [0.2, 0.25) is 10.0 Å². The smallest absolute Gasteiger partial charge is 0.261 e. The molecule has 0 fully saturated rings. The lowest BCUT2D eigenvalue weighted by molar-refractivity contribution is 0.299. The molecule has 0 bridgehead atoms. The molecule has 0 aliphatic carbocycles. The molecule has 19 heavy (non-hydrogen) atoms. The lowest BCUT2D eigenvalue weighted by Crippen LogP contribution is -2.09. The summed E-state index contributed by atoms with van der Waals surface area (Å²) in [5.41, 5.74) is 1.51. The standard InChI is InChI=1S/C9H13NO3S.CH4O3S/c1-14(12,13)10-9-4-2-8(3-5-9)6-7-11;1-5(2,3)4/h2-5,10-11H,6-7H2,1H3;1H3,(H,2,3,4). The molecule has 110 valence electrons. The van der Waals surface area contributed by atoms with Crippen LogP contribution >= 0.6 is 0 Å². The molecule has 9 heteroatoms. The summed E-state index contributed by atoms with van der Waals surface area (Å²) in [6, 6.07) is 6.91. The van der Waals surface area contributed by atoms with Crippen LogP contribution in [0, 0.1) is 0 Å². The van der Waals surface area contributed by atoms with Crippen LogP contribution in [0.5, 0.6) is 0 Å². The van der Waals surface area contributed by atoms with Crippen molar-refractivity contribution in [3.8, 4) is 0 Å². The minimum Gasteiger partial charge on any atom is -0.396 e. The first-order valence-electron chi connectivity index (χ1n) is 5.11. The summed E-state index contributed by atoms with van der Waals surface area (Å²) in [5.74, 6) is 0. The number of rotatable bonds is 4. The zero-order valence-corrected chi connectivity index (χ0v) is 12.2.